The Morgan fingerprint density at radius 1 is 1.20 bits per heavy atom. The average molecular weight is 414 g/mol. The van der Waals surface area contributed by atoms with Crippen LogP contribution in [0.25, 0.3) is 0 Å². The van der Waals surface area contributed by atoms with Gasteiger partial charge in [-0.3, -0.25) is 9.78 Å². The lowest BCUT2D eigenvalue weighted by molar-refractivity contribution is -0.139. The minimum absolute atomic E-state index is 0.134. The van der Waals surface area contributed by atoms with E-state index in [1.165, 1.54) is 23.1 Å². The summed E-state index contributed by atoms with van der Waals surface area (Å²) < 4.78 is 24.8. The summed E-state index contributed by atoms with van der Waals surface area (Å²) in [4.78, 5) is 33.3. The zero-order valence-corrected chi connectivity index (χ0v) is 16.4. The van der Waals surface area contributed by atoms with E-state index in [1.807, 2.05) is 0 Å². The van der Waals surface area contributed by atoms with Gasteiger partial charge in [-0.1, -0.05) is 6.07 Å². The number of anilines is 1. The summed E-state index contributed by atoms with van der Waals surface area (Å²) in [7, 11) is 0. The highest BCUT2D eigenvalue weighted by Gasteiger charge is 2.42. The fourth-order valence-corrected chi connectivity index (χ4v) is 3.71. The molecule has 2 aromatic rings. The second kappa shape index (κ2) is 9.08. The Hall–Kier alpha value is -3.20. The van der Waals surface area contributed by atoms with Gasteiger partial charge >= 0.3 is 6.03 Å². The molecule has 0 saturated carbocycles. The lowest BCUT2D eigenvalue weighted by atomic mass is 10.1. The standard InChI is InChI=1S/C21H23FN4O4/c22-15-3-1-4-16(11-15)24-21(28)26-14-18(30-17-5-2-6-23-13-17)12-19(26)20(27)25-7-9-29-10-8-25/h1-6,11,13,18-19H,7-10,12,14H2,(H,24,28). The molecule has 1 N–H and O–H groups in total. The first-order chi connectivity index (χ1) is 14.6. The number of hydrogen-bond acceptors (Lipinski definition) is 5. The second-order valence-corrected chi connectivity index (χ2v) is 7.21. The molecule has 2 saturated heterocycles. The molecule has 1 aromatic heterocycles. The third kappa shape index (κ3) is 4.68. The molecular formula is C21H23FN4O4. The zero-order chi connectivity index (χ0) is 20.9. The number of ether oxygens (including phenoxy) is 2. The minimum Gasteiger partial charge on any atom is -0.487 e. The first-order valence-electron chi connectivity index (χ1n) is 9.86. The summed E-state index contributed by atoms with van der Waals surface area (Å²) in [6.45, 7) is 2.16. The molecule has 2 atom stereocenters. The summed E-state index contributed by atoms with van der Waals surface area (Å²) in [5.74, 6) is -0.00890. The van der Waals surface area contributed by atoms with Gasteiger partial charge in [-0.25, -0.2) is 9.18 Å². The van der Waals surface area contributed by atoms with Gasteiger partial charge in [0.25, 0.3) is 0 Å². The summed E-state index contributed by atoms with van der Waals surface area (Å²) in [5, 5.41) is 2.68. The summed E-state index contributed by atoms with van der Waals surface area (Å²) in [5.41, 5.74) is 0.328. The SMILES string of the molecule is O=C(C1CC(Oc2cccnc2)CN1C(=O)Nc1cccc(F)c1)N1CCOCC1. The molecule has 9 heteroatoms. The predicted octanol–water partition coefficient (Wildman–Crippen LogP) is 2.13. The van der Waals surface area contributed by atoms with E-state index in [-0.39, 0.29) is 18.6 Å². The molecule has 158 valence electrons. The maximum absolute atomic E-state index is 13.5. The summed E-state index contributed by atoms with van der Waals surface area (Å²) >= 11 is 0. The number of likely N-dealkylation sites (tertiary alicyclic amines) is 1. The number of nitrogens with one attached hydrogen (secondary N) is 1. The molecule has 0 spiro atoms. The molecule has 2 aliphatic heterocycles. The maximum atomic E-state index is 13.5. The topological polar surface area (TPSA) is 84.0 Å². The molecule has 30 heavy (non-hydrogen) atoms. The fraction of sp³-hybridized carbons (Fsp3) is 0.381. The smallest absolute Gasteiger partial charge is 0.322 e. The van der Waals surface area contributed by atoms with Crippen molar-refractivity contribution < 1.29 is 23.5 Å². The van der Waals surface area contributed by atoms with Crippen LogP contribution >= 0.6 is 0 Å². The molecule has 1 aromatic carbocycles. The number of morpholine rings is 1. The Morgan fingerprint density at radius 3 is 2.77 bits per heavy atom. The number of aromatic nitrogens is 1. The van der Waals surface area contributed by atoms with E-state index in [2.05, 4.69) is 10.3 Å². The normalized spacial score (nSPS) is 21.4. The lowest BCUT2D eigenvalue weighted by Gasteiger charge is -2.32. The van der Waals surface area contributed by atoms with E-state index in [0.29, 0.717) is 44.2 Å². The van der Waals surface area contributed by atoms with Crippen molar-refractivity contribution in [1.29, 1.82) is 0 Å². The van der Waals surface area contributed by atoms with Crippen molar-refractivity contribution in [3.8, 4) is 5.75 Å². The van der Waals surface area contributed by atoms with Crippen molar-refractivity contribution in [2.24, 2.45) is 0 Å². The number of amides is 3. The van der Waals surface area contributed by atoms with E-state index in [1.54, 1.807) is 35.5 Å². The highest BCUT2D eigenvalue weighted by Crippen LogP contribution is 2.25. The van der Waals surface area contributed by atoms with Crippen molar-refractivity contribution in [3.63, 3.8) is 0 Å². The van der Waals surface area contributed by atoms with Gasteiger partial charge < -0.3 is 24.6 Å². The maximum Gasteiger partial charge on any atom is 0.322 e. The van der Waals surface area contributed by atoms with Crippen molar-refractivity contribution >= 4 is 17.6 Å². The van der Waals surface area contributed by atoms with Gasteiger partial charge in [-0.15, -0.1) is 0 Å². The number of pyridine rings is 1. The number of benzene rings is 1. The predicted molar refractivity (Wildman–Crippen MR) is 107 cm³/mol. The number of urea groups is 1. The van der Waals surface area contributed by atoms with Gasteiger partial charge in [0.15, 0.2) is 0 Å². The zero-order valence-electron chi connectivity index (χ0n) is 16.4. The van der Waals surface area contributed by atoms with Crippen LogP contribution in [0.1, 0.15) is 6.42 Å². The molecule has 8 nitrogen and oxygen atoms in total. The van der Waals surface area contributed by atoms with Crippen LogP contribution in [0.3, 0.4) is 0 Å². The number of halogens is 1. The summed E-state index contributed by atoms with van der Waals surface area (Å²) in [6, 6.07) is 8.04. The quantitative estimate of drug-likeness (QED) is 0.829. The number of rotatable bonds is 4. The molecule has 0 aliphatic carbocycles. The van der Waals surface area contributed by atoms with Crippen molar-refractivity contribution in [2.75, 3.05) is 38.2 Å². The molecule has 0 radical (unpaired) electrons. The first-order valence-corrected chi connectivity index (χ1v) is 9.86. The second-order valence-electron chi connectivity index (χ2n) is 7.21. The Bertz CT molecular complexity index is 892. The Kier molecular flexibility index (Phi) is 6.08. The van der Waals surface area contributed by atoms with Crippen molar-refractivity contribution in [2.45, 2.75) is 18.6 Å². The van der Waals surface area contributed by atoms with Crippen LogP contribution in [-0.2, 0) is 9.53 Å². The highest BCUT2D eigenvalue weighted by atomic mass is 19.1. The molecule has 4 rings (SSSR count). The minimum atomic E-state index is -0.668. The Balaban J connectivity index is 1.50. The van der Waals surface area contributed by atoms with E-state index in [4.69, 9.17) is 9.47 Å². The molecule has 0 bridgehead atoms. The third-order valence-electron chi connectivity index (χ3n) is 5.14. The summed E-state index contributed by atoms with van der Waals surface area (Å²) in [6.07, 6.45) is 3.24. The van der Waals surface area contributed by atoms with Gasteiger partial charge in [-0.2, -0.15) is 0 Å². The fourth-order valence-electron chi connectivity index (χ4n) is 3.71. The molecule has 2 unspecified atom stereocenters. The van der Waals surface area contributed by atoms with E-state index in [9.17, 15) is 14.0 Å². The van der Waals surface area contributed by atoms with E-state index < -0.39 is 17.9 Å². The van der Waals surface area contributed by atoms with E-state index >= 15 is 0 Å². The molecular weight excluding hydrogens is 391 g/mol. The number of carbonyl (C=O) groups excluding carboxylic acids is 2. The van der Waals surface area contributed by atoms with Crippen LogP contribution in [0.15, 0.2) is 48.8 Å². The van der Waals surface area contributed by atoms with Crippen LogP contribution in [-0.4, -0.2) is 71.7 Å². The average Bonchev–Trinajstić information content (AvgIpc) is 3.18. The van der Waals surface area contributed by atoms with Gasteiger partial charge in [0.2, 0.25) is 5.91 Å². The molecule has 2 aliphatic rings. The molecule has 3 heterocycles. The van der Waals surface area contributed by atoms with Crippen LogP contribution in [0.4, 0.5) is 14.9 Å². The van der Waals surface area contributed by atoms with Crippen LogP contribution in [0.2, 0.25) is 0 Å². The van der Waals surface area contributed by atoms with Crippen molar-refractivity contribution in [3.05, 3.63) is 54.6 Å². The third-order valence-corrected chi connectivity index (χ3v) is 5.14. The highest BCUT2D eigenvalue weighted by molar-refractivity contribution is 5.94. The Morgan fingerprint density at radius 2 is 2.03 bits per heavy atom. The van der Waals surface area contributed by atoms with Gasteiger partial charge in [0, 0.05) is 31.4 Å². The van der Waals surface area contributed by atoms with Gasteiger partial charge in [-0.05, 0) is 30.3 Å². The van der Waals surface area contributed by atoms with Crippen LogP contribution in [0, 0.1) is 5.82 Å². The van der Waals surface area contributed by atoms with Crippen LogP contribution < -0.4 is 10.1 Å². The van der Waals surface area contributed by atoms with Gasteiger partial charge in [0.1, 0.15) is 23.7 Å². The lowest BCUT2D eigenvalue weighted by Crippen LogP contribution is -2.51. The van der Waals surface area contributed by atoms with E-state index in [0.717, 1.165) is 0 Å². The molecule has 2 fully saturated rings. The van der Waals surface area contributed by atoms with Crippen molar-refractivity contribution in [1.82, 2.24) is 14.8 Å². The first kappa shape index (κ1) is 20.1. The Labute approximate surface area is 173 Å². The monoisotopic (exact) mass is 414 g/mol. The van der Waals surface area contributed by atoms with Gasteiger partial charge in [0.05, 0.1) is 26.0 Å². The largest absolute Gasteiger partial charge is 0.487 e. The number of hydrogen-bond donors (Lipinski definition) is 1. The number of nitrogens with zero attached hydrogens (tertiary/aromatic N) is 3. The van der Waals surface area contributed by atoms with Crippen LogP contribution in [0.5, 0.6) is 5.75 Å². The molecule has 3 amide bonds. The number of carbonyl (C=O) groups is 2.